The Kier molecular flexibility index (Phi) is 4.71. The predicted octanol–water partition coefficient (Wildman–Crippen LogP) is 2.27. The van der Waals surface area contributed by atoms with E-state index in [1.165, 1.54) is 17.5 Å². The minimum absolute atomic E-state index is 0.392. The summed E-state index contributed by atoms with van der Waals surface area (Å²) >= 11 is -1.63. The summed E-state index contributed by atoms with van der Waals surface area (Å²) in [5.74, 6) is 0.392. The highest BCUT2D eigenvalue weighted by Gasteiger charge is 2.20. The average Bonchev–Trinajstić information content (AvgIpc) is 2.72. The van der Waals surface area contributed by atoms with Crippen molar-refractivity contribution in [3.8, 4) is 0 Å². The zero-order chi connectivity index (χ0) is 12.1. The van der Waals surface area contributed by atoms with Crippen LogP contribution in [0.4, 0.5) is 0 Å². The minimum atomic E-state index is -1.63. The van der Waals surface area contributed by atoms with Crippen LogP contribution in [0.25, 0.3) is 0 Å². The summed E-state index contributed by atoms with van der Waals surface area (Å²) in [6.45, 7) is 0.927. The molecule has 1 aromatic carbocycles. The molecule has 94 valence electrons. The lowest BCUT2D eigenvalue weighted by molar-refractivity contribution is 0.514. The van der Waals surface area contributed by atoms with E-state index in [1.54, 1.807) is 0 Å². The van der Waals surface area contributed by atoms with Crippen molar-refractivity contribution in [3.05, 3.63) is 35.4 Å². The van der Waals surface area contributed by atoms with Crippen molar-refractivity contribution in [3.63, 3.8) is 0 Å². The van der Waals surface area contributed by atoms with Gasteiger partial charge < -0.3 is 9.87 Å². The van der Waals surface area contributed by atoms with Gasteiger partial charge in [0.1, 0.15) is 0 Å². The maximum atomic E-state index is 10.5. The Morgan fingerprint density at radius 2 is 2.18 bits per heavy atom. The Hall–Kier alpha value is -0.710. The van der Waals surface area contributed by atoms with Gasteiger partial charge >= 0.3 is 0 Å². The Labute approximate surface area is 105 Å². The summed E-state index contributed by atoms with van der Waals surface area (Å²) < 4.78 is 19.1. The summed E-state index contributed by atoms with van der Waals surface area (Å²) in [6.07, 6.45) is 4.11. The summed E-state index contributed by atoms with van der Waals surface area (Å²) in [5.41, 5.74) is 2.89. The zero-order valence-electron chi connectivity index (χ0n) is 9.89. The highest BCUT2D eigenvalue weighted by Crippen LogP contribution is 2.30. The van der Waals surface area contributed by atoms with Crippen LogP contribution in [0.1, 0.15) is 36.4 Å². The SMILES string of the molecule is O=S(O)CCCCNC1CCc2ccccc21. The van der Waals surface area contributed by atoms with E-state index in [2.05, 4.69) is 29.6 Å². The van der Waals surface area contributed by atoms with Crippen molar-refractivity contribution >= 4 is 11.1 Å². The molecule has 0 spiro atoms. The molecule has 0 bridgehead atoms. The lowest BCUT2D eigenvalue weighted by atomic mass is 10.1. The third-order valence-electron chi connectivity index (χ3n) is 3.27. The second kappa shape index (κ2) is 6.28. The molecule has 17 heavy (non-hydrogen) atoms. The van der Waals surface area contributed by atoms with Crippen LogP contribution >= 0.6 is 0 Å². The molecule has 0 aliphatic heterocycles. The van der Waals surface area contributed by atoms with Crippen LogP contribution in [0.15, 0.2) is 24.3 Å². The van der Waals surface area contributed by atoms with Gasteiger partial charge in [-0.1, -0.05) is 24.3 Å². The van der Waals surface area contributed by atoms with Crippen molar-refractivity contribution in [2.45, 2.75) is 31.7 Å². The van der Waals surface area contributed by atoms with Crippen LogP contribution in [-0.4, -0.2) is 21.1 Å². The second-order valence-corrected chi connectivity index (χ2v) is 5.53. The summed E-state index contributed by atoms with van der Waals surface area (Å²) in [5, 5.41) is 3.53. The Balaban J connectivity index is 1.73. The second-order valence-electron chi connectivity index (χ2n) is 4.48. The van der Waals surface area contributed by atoms with Crippen molar-refractivity contribution in [1.29, 1.82) is 0 Å². The van der Waals surface area contributed by atoms with Crippen LogP contribution in [0.3, 0.4) is 0 Å². The van der Waals surface area contributed by atoms with E-state index in [0.717, 1.165) is 25.8 Å². The summed E-state index contributed by atoms with van der Waals surface area (Å²) in [6, 6.07) is 9.06. The quantitative estimate of drug-likeness (QED) is 0.604. The standard InChI is InChI=1S/C13H19NO2S/c15-17(16)10-4-3-9-14-13-8-7-11-5-1-2-6-12(11)13/h1-2,5-6,13-14H,3-4,7-10H2,(H,15,16). The molecule has 1 aliphatic carbocycles. The van der Waals surface area contributed by atoms with Gasteiger partial charge in [-0.3, -0.25) is 0 Å². The molecule has 1 aromatic rings. The fourth-order valence-electron chi connectivity index (χ4n) is 2.40. The fraction of sp³-hybridized carbons (Fsp3) is 0.538. The summed E-state index contributed by atoms with van der Waals surface area (Å²) in [4.78, 5) is 0. The van der Waals surface area contributed by atoms with Crippen molar-refractivity contribution in [2.75, 3.05) is 12.3 Å². The number of hydrogen-bond donors (Lipinski definition) is 2. The highest BCUT2D eigenvalue weighted by molar-refractivity contribution is 7.79. The lowest BCUT2D eigenvalue weighted by Gasteiger charge is -2.13. The molecule has 0 amide bonds. The van der Waals surface area contributed by atoms with Gasteiger partial charge in [-0.05, 0) is 43.4 Å². The molecule has 0 fully saturated rings. The van der Waals surface area contributed by atoms with Crippen LogP contribution in [0.5, 0.6) is 0 Å². The van der Waals surface area contributed by atoms with Gasteiger partial charge in [0.2, 0.25) is 0 Å². The maximum absolute atomic E-state index is 10.5. The van der Waals surface area contributed by atoms with Gasteiger partial charge in [0, 0.05) is 11.8 Å². The number of benzene rings is 1. The van der Waals surface area contributed by atoms with Crippen LogP contribution in [-0.2, 0) is 17.5 Å². The van der Waals surface area contributed by atoms with Crippen molar-refractivity contribution in [2.24, 2.45) is 0 Å². The number of hydrogen-bond acceptors (Lipinski definition) is 2. The Morgan fingerprint density at radius 1 is 1.35 bits per heavy atom. The molecule has 0 heterocycles. The smallest absolute Gasteiger partial charge is 0.152 e. The number of aryl methyl sites for hydroxylation is 1. The monoisotopic (exact) mass is 253 g/mol. The largest absolute Gasteiger partial charge is 0.310 e. The first-order valence-electron chi connectivity index (χ1n) is 6.16. The van der Waals surface area contributed by atoms with E-state index < -0.39 is 11.1 Å². The third-order valence-corrected chi connectivity index (χ3v) is 3.91. The van der Waals surface area contributed by atoms with Gasteiger partial charge in [-0.2, -0.15) is 0 Å². The summed E-state index contributed by atoms with van der Waals surface area (Å²) in [7, 11) is 0. The molecular weight excluding hydrogens is 234 g/mol. The van der Waals surface area contributed by atoms with Crippen LogP contribution < -0.4 is 5.32 Å². The molecule has 0 radical (unpaired) electrons. The van der Waals surface area contributed by atoms with Gasteiger partial charge in [-0.25, -0.2) is 4.21 Å². The molecule has 4 heteroatoms. The van der Waals surface area contributed by atoms with E-state index >= 15 is 0 Å². The Bertz CT molecular complexity index is 395. The maximum Gasteiger partial charge on any atom is 0.152 e. The first-order chi connectivity index (χ1) is 8.27. The number of rotatable bonds is 6. The van der Waals surface area contributed by atoms with E-state index in [4.69, 9.17) is 4.55 Å². The van der Waals surface area contributed by atoms with Crippen LogP contribution in [0, 0.1) is 0 Å². The van der Waals surface area contributed by atoms with Gasteiger partial charge in [0.05, 0.1) is 0 Å². The normalized spacial score (nSPS) is 20.2. The minimum Gasteiger partial charge on any atom is -0.310 e. The Morgan fingerprint density at radius 3 is 3.00 bits per heavy atom. The molecule has 2 atom stereocenters. The van der Waals surface area contributed by atoms with Gasteiger partial charge in [-0.15, -0.1) is 0 Å². The topological polar surface area (TPSA) is 49.3 Å². The first-order valence-corrected chi connectivity index (χ1v) is 7.43. The van der Waals surface area contributed by atoms with E-state index in [-0.39, 0.29) is 0 Å². The van der Waals surface area contributed by atoms with Gasteiger partial charge in [0.25, 0.3) is 0 Å². The average molecular weight is 253 g/mol. The number of nitrogens with one attached hydrogen (secondary N) is 1. The third kappa shape index (κ3) is 3.63. The number of unbranched alkanes of at least 4 members (excludes halogenated alkanes) is 1. The molecule has 0 saturated carbocycles. The molecule has 0 saturated heterocycles. The van der Waals surface area contributed by atoms with E-state index in [9.17, 15) is 4.21 Å². The highest BCUT2D eigenvalue weighted by atomic mass is 32.2. The molecule has 0 aromatic heterocycles. The molecule has 1 aliphatic rings. The molecular formula is C13H19NO2S. The molecule has 2 N–H and O–H groups in total. The van der Waals surface area contributed by atoms with Gasteiger partial charge in [0.15, 0.2) is 11.1 Å². The predicted molar refractivity (Wildman–Crippen MR) is 70.4 cm³/mol. The first kappa shape index (κ1) is 12.7. The fourth-order valence-corrected chi connectivity index (χ4v) is 2.85. The molecule has 3 nitrogen and oxygen atoms in total. The molecule has 2 rings (SSSR count). The lowest BCUT2D eigenvalue weighted by Crippen LogP contribution is -2.20. The van der Waals surface area contributed by atoms with E-state index in [1.807, 2.05) is 0 Å². The molecule has 2 unspecified atom stereocenters. The number of fused-ring (bicyclic) bond motifs is 1. The van der Waals surface area contributed by atoms with Crippen molar-refractivity contribution < 1.29 is 8.76 Å². The zero-order valence-corrected chi connectivity index (χ0v) is 10.7. The van der Waals surface area contributed by atoms with Crippen LogP contribution in [0.2, 0.25) is 0 Å². The van der Waals surface area contributed by atoms with E-state index in [0.29, 0.717) is 11.8 Å². The van der Waals surface area contributed by atoms with Crippen molar-refractivity contribution in [1.82, 2.24) is 5.32 Å².